The molecule has 1 N–H and O–H groups in total. The first-order chi connectivity index (χ1) is 15.1. The van der Waals surface area contributed by atoms with Gasteiger partial charge in [-0.1, -0.05) is 41.4 Å². The van der Waals surface area contributed by atoms with Crippen molar-refractivity contribution in [3.63, 3.8) is 0 Å². The molecular formula is C22H19Cl2FN2O4S. The molecular weight excluding hydrogens is 478 g/mol. The van der Waals surface area contributed by atoms with Gasteiger partial charge in [-0.2, -0.15) is 0 Å². The summed E-state index contributed by atoms with van der Waals surface area (Å²) in [6.45, 7) is 1.08. The summed E-state index contributed by atoms with van der Waals surface area (Å²) in [4.78, 5) is 12.6. The highest BCUT2D eigenvalue weighted by Gasteiger charge is 2.30. The van der Waals surface area contributed by atoms with Crippen molar-refractivity contribution in [2.75, 3.05) is 23.3 Å². The number of methoxy groups -OCH3 is 1. The van der Waals surface area contributed by atoms with Crippen LogP contribution in [0.5, 0.6) is 5.75 Å². The molecule has 3 aromatic carbocycles. The van der Waals surface area contributed by atoms with E-state index < -0.39 is 28.3 Å². The smallest absolute Gasteiger partial charge is 0.268 e. The number of hydrogen-bond donors (Lipinski definition) is 1. The van der Waals surface area contributed by atoms with Crippen LogP contribution >= 0.6 is 23.2 Å². The molecule has 0 atom stereocenters. The minimum absolute atomic E-state index is 0.0721. The summed E-state index contributed by atoms with van der Waals surface area (Å²) in [6.07, 6.45) is 0. The van der Waals surface area contributed by atoms with Gasteiger partial charge in [-0.3, -0.25) is 9.10 Å². The number of ether oxygens (including phenoxy) is 1. The molecule has 0 aliphatic carbocycles. The third-order valence-electron chi connectivity index (χ3n) is 4.51. The van der Waals surface area contributed by atoms with E-state index in [1.54, 1.807) is 19.1 Å². The summed E-state index contributed by atoms with van der Waals surface area (Å²) in [5.41, 5.74) is 0.707. The number of aryl methyl sites for hydroxylation is 1. The molecule has 1 amide bonds. The predicted molar refractivity (Wildman–Crippen MR) is 124 cm³/mol. The van der Waals surface area contributed by atoms with E-state index in [1.807, 2.05) is 0 Å². The molecule has 0 unspecified atom stereocenters. The van der Waals surface area contributed by atoms with Crippen LogP contribution in [-0.4, -0.2) is 28.0 Å². The molecule has 0 spiro atoms. The van der Waals surface area contributed by atoms with E-state index in [-0.39, 0.29) is 32.1 Å². The molecule has 0 saturated carbocycles. The quantitative estimate of drug-likeness (QED) is 0.482. The third-order valence-corrected chi connectivity index (χ3v) is 7.05. The number of rotatable bonds is 7. The van der Waals surface area contributed by atoms with Gasteiger partial charge < -0.3 is 10.1 Å². The number of hydrogen-bond acceptors (Lipinski definition) is 4. The maximum absolute atomic E-state index is 14.0. The van der Waals surface area contributed by atoms with Gasteiger partial charge in [-0.25, -0.2) is 12.8 Å². The average Bonchev–Trinajstić information content (AvgIpc) is 2.75. The SMILES string of the molecule is COc1ccc(C)cc1S(=O)(=O)N(CC(=O)Nc1ccccc1F)c1ccc(Cl)c(Cl)c1. The van der Waals surface area contributed by atoms with Crippen LogP contribution in [0.1, 0.15) is 5.56 Å². The van der Waals surface area contributed by atoms with Crippen LogP contribution in [0.2, 0.25) is 10.0 Å². The monoisotopic (exact) mass is 496 g/mol. The van der Waals surface area contributed by atoms with Crippen LogP contribution < -0.4 is 14.4 Å². The van der Waals surface area contributed by atoms with Gasteiger partial charge in [0.15, 0.2) is 0 Å². The minimum atomic E-state index is -4.29. The number of anilines is 2. The number of amides is 1. The number of sulfonamides is 1. The summed E-state index contributed by atoms with van der Waals surface area (Å²) < 4.78 is 47.3. The van der Waals surface area contributed by atoms with E-state index >= 15 is 0 Å². The molecule has 0 bridgehead atoms. The first-order valence-corrected chi connectivity index (χ1v) is 11.5. The first-order valence-electron chi connectivity index (χ1n) is 9.30. The fraction of sp³-hybridized carbons (Fsp3) is 0.136. The van der Waals surface area contributed by atoms with E-state index in [0.717, 1.165) is 4.31 Å². The van der Waals surface area contributed by atoms with Crippen LogP contribution in [0.25, 0.3) is 0 Å². The largest absolute Gasteiger partial charge is 0.495 e. The molecule has 10 heteroatoms. The molecule has 0 radical (unpaired) electrons. The zero-order chi connectivity index (χ0) is 23.5. The Hall–Kier alpha value is -2.81. The number of para-hydroxylation sites is 1. The van der Waals surface area contributed by atoms with Crippen molar-refractivity contribution in [2.24, 2.45) is 0 Å². The molecule has 0 aliphatic rings. The predicted octanol–water partition coefficient (Wildman–Crippen LogP) is 5.28. The fourth-order valence-electron chi connectivity index (χ4n) is 2.94. The van der Waals surface area contributed by atoms with Gasteiger partial charge in [0.05, 0.1) is 28.5 Å². The molecule has 168 valence electrons. The standard InChI is InChI=1S/C22H19Cl2FN2O4S/c1-14-7-10-20(31-2)21(11-14)32(29,30)27(15-8-9-16(23)17(24)12-15)13-22(28)26-19-6-4-3-5-18(19)25/h3-12H,13H2,1-2H3,(H,26,28). The Labute approximate surface area is 195 Å². The van der Waals surface area contributed by atoms with Crippen molar-refractivity contribution < 1.29 is 22.3 Å². The first kappa shape index (κ1) is 23.8. The van der Waals surface area contributed by atoms with Crippen molar-refractivity contribution in [2.45, 2.75) is 11.8 Å². The van der Waals surface area contributed by atoms with Crippen molar-refractivity contribution in [1.29, 1.82) is 0 Å². The molecule has 0 heterocycles. The van der Waals surface area contributed by atoms with Gasteiger partial charge in [-0.15, -0.1) is 0 Å². The second-order valence-electron chi connectivity index (χ2n) is 6.79. The number of carbonyl (C=O) groups is 1. The Bertz CT molecular complexity index is 1270. The van der Waals surface area contributed by atoms with Crippen molar-refractivity contribution in [3.05, 3.63) is 82.1 Å². The highest BCUT2D eigenvalue weighted by molar-refractivity contribution is 7.93. The topological polar surface area (TPSA) is 75.7 Å². The van der Waals surface area contributed by atoms with Gasteiger partial charge in [-0.05, 0) is 55.0 Å². The van der Waals surface area contributed by atoms with Crippen LogP contribution in [0.15, 0.2) is 65.6 Å². The van der Waals surface area contributed by atoms with Crippen LogP contribution in [0, 0.1) is 12.7 Å². The summed E-state index contributed by atoms with van der Waals surface area (Å²) in [6, 6.07) is 14.4. The molecule has 0 aliphatic heterocycles. The Morgan fingerprint density at radius 1 is 1.06 bits per heavy atom. The van der Waals surface area contributed by atoms with Gasteiger partial charge in [0.1, 0.15) is 23.0 Å². The Morgan fingerprint density at radius 2 is 1.78 bits per heavy atom. The van der Waals surface area contributed by atoms with Crippen molar-refractivity contribution >= 4 is 50.5 Å². The fourth-order valence-corrected chi connectivity index (χ4v) is 4.89. The molecule has 3 aromatic rings. The summed E-state index contributed by atoms with van der Waals surface area (Å²) in [5.74, 6) is -1.29. The lowest BCUT2D eigenvalue weighted by Gasteiger charge is -2.25. The summed E-state index contributed by atoms with van der Waals surface area (Å²) in [7, 11) is -2.95. The van der Waals surface area contributed by atoms with E-state index in [0.29, 0.717) is 5.56 Å². The van der Waals surface area contributed by atoms with E-state index in [2.05, 4.69) is 5.32 Å². The number of carbonyl (C=O) groups excluding carboxylic acids is 1. The maximum atomic E-state index is 14.0. The van der Waals surface area contributed by atoms with Crippen molar-refractivity contribution in [3.8, 4) is 5.75 Å². The number of nitrogens with one attached hydrogen (secondary N) is 1. The highest BCUT2D eigenvalue weighted by Crippen LogP contribution is 2.33. The zero-order valence-electron chi connectivity index (χ0n) is 17.1. The summed E-state index contributed by atoms with van der Waals surface area (Å²) >= 11 is 12.1. The molecule has 6 nitrogen and oxygen atoms in total. The third kappa shape index (κ3) is 5.15. The van der Waals surface area contributed by atoms with Gasteiger partial charge in [0.25, 0.3) is 10.0 Å². The summed E-state index contributed by atoms with van der Waals surface area (Å²) in [5, 5.41) is 2.72. The lowest BCUT2D eigenvalue weighted by molar-refractivity contribution is -0.114. The number of nitrogens with zero attached hydrogens (tertiary/aromatic N) is 1. The molecule has 0 fully saturated rings. The normalized spacial score (nSPS) is 11.2. The maximum Gasteiger partial charge on any atom is 0.268 e. The van der Waals surface area contributed by atoms with Crippen LogP contribution in [0.3, 0.4) is 0 Å². The zero-order valence-corrected chi connectivity index (χ0v) is 19.4. The molecule has 32 heavy (non-hydrogen) atoms. The lowest BCUT2D eigenvalue weighted by atomic mass is 10.2. The molecule has 0 saturated heterocycles. The lowest BCUT2D eigenvalue weighted by Crippen LogP contribution is -2.38. The van der Waals surface area contributed by atoms with Gasteiger partial charge in [0.2, 0.25) is 5.91 Å². The number of benzene rings is 3. The molecule has 0 aromatic heterocycles. The Morgan fingerprint density at radius 3 is 2.44 bits per heavy atom. The second kappa shape index (κ2) is 9.77. The van der Waals surface area contributed by atoms with Crippen LogP contribution in [-0.2, 0) is 14.8 Å². The van der Waals surface area contributed by atoms with Crippen molar-refractivity contribution in [1.82, 2.24) is 0 Å². The van der Waals surface area contributed by atoms with E-state index in [9.17, 15) is 17.6 Å². The Kier molecular flexibility index (Phi) is 7.28. The van der Waals surface area contributed by atoms with Crippen LogP contribution in [0.4, 0.5) is 15.8 Å². The second-order valence-corrected chi connectivity index (χ2v) is 9.44. The molecule has 3 rings (SSSR count). The van der Waals surface area contributed by atoms with E-state index in [1.165, 1.54) is 55.6 Å². The Balaban J connectivity index is 2.06. The van der Waals surface area contributed by atoms with Gasteiger partial charge >= 0.3 is 0 Å². The average molecular weight is 497 g/mol. The van der Waals surface area contributed by atoms with Gasteiger partial charge in [0, 0.05) is 0 Å². The minimum Gasteiger partial charge on any atom is -0.495 e. The highest BCUT2D eigenvalue weighted by atomic mass is 35.5. The van der Waals surface area contributed by atoms with E-state index in [4.69, 9.17) is 27.9 Å². The number of halogens is 3.